The van der Waals surface area contributed by atoms with Crippen LogP contribution < -0.4 is 10.1 Å². The van der Waals surface area contributed by atoms with Crippen LogP contribution in [0.1, 0.15) is 10.4 Å². The molecule has 94 valence electrons. The zero-order chi connectivity index (χ0) is 13.1. The Morgan fingerprint density at radius 1 is 1.56 bits per heavy atom. The van der Waals surface area contributed by atoms with E-state index in [9.17, 15) is 9.90 Å². The van der Waals surface area contributed by atoms with E-state index in [0.717, 1.165) is 11.5 Å². The number of methoxy groups -OCH3 is 1. The molecule has 0 aliphatic rings. The molecule has 1 aromatic heterocycles. The SMILES string of the molecule is COc1cc(NC(=O)c2cccc(O)c2Cl)sn1. The van der Waals surface area contributed by atoms with Crippen LogP contribution in [-0.4, -0.2) is 22.5 Å². The first-order valence-corrected chi connectivity index (χ1v) is 6.06. The fraction of sp³-hybridized carbons (Fsp3) is 0.0909. The number of hydrogen-bond acceptors (Lipinski definition) is 5. The van der Waals surface area contributed by atoms with E-state index < -0.39 is 5.91 Å². The second kappa shape index (κ2) is 5.24. The van der Waals surface area contributed by atoms with E-state index in [2.05, 4.69) is 9.69 Å². The Morgan fingerprint density at radius 3 is 3.00 bits per heavy atom. The highest BCUT2D eigenvalue weighted by molar-refractivity contribution is 7.10. The van der Waals surface area contributed by atoms with E-state index in [0.29, 0.717) is 10.9 Å². The Hall–Kier alpha value is -1.79. The first kappa shape index (κ1) is 12.7. The topological polar surface area (TPSA) is 71.5 Å². The van der Waals surface area contributed by atoms with Crippen LogP contribution in [-0.2, 0) is 0 Å². The Balaban J connectivity index is 2.19. The van der Waals surface area contributed by atoms with Crippen LogP contribution in [0.25, 0.3) is 0 Å². The molecule has 0 saturated carbocycles. The Morgan fingerprint density at radius 2 is 2.33 bits per heavy atom. The first-order valence-electron chi connectivity index (χ1n) is 4.91. The summed E-state index contributed by atoms with van der Waals surface area (Å²) in [6.07, 6.45) is 0. The number of nitrogens with one attached hydrogen (secondary N) is 1. The second-order valence-electron chi connectivity index (χ2n) is 3.33. The maximum absolute atomic E-state index is 11.9. The maximum atomic E-state index is 11.9. The number of aromatic hydroxyl groups is 1. The number of halogens is 1. The van der Waals surface area contributed by atoms with Gasteiger partial charge in [-0.05, 0) is 23.7 Å². The minimum Gasteiger partial charge on any atom is -0.506 e. The molecular formula is C11H9ClN2O3S. The molecule has 5 nitrogen and oxygen atoms in total. The van der Waals surface area contributed by atoms with Gasteiger partial charge in [-0.3, -0.25) is 4.79 Å². The molecule has 0 bridgehead atoms. The predicted molar refractivity (Wildman–Crippen MR) is 69.7 cm³/mol. The highest BCUT2D eigenvalue weighted by Crippen LogP contribution is 2.28. The lowest BCUT2D eigenvalue weighted by Crippen LogP contribution is -2.11. The normalized spacial score (nSPS) is 10.1. The predicted octanol–water partition coefficient (Wildman–Crippen LogP) is 2.76. The molecule has 0 atom stereocenters. The number of rotatable bonds is 3. The summed E-state index contributed by atoms with van der Waals surface area (Å²) in [5.74, 6) is -0.120. The minimum absolute atomic E-state index is 0.0199. The Labute approximate surface area is 112 Å². The monoisotopic (exact) mass is 284 g/mol. The molecule has 18 heavy (non-hydrogen) atoms. The number of phenols is 1. The van der Waals surface area contributed by atoms with Gasteiger partial charge in [0, 0.05) is 6.07 Å². The standard InChI is InChI=1S/C11H9ClN2O3S/c1-17-8-5-9(18-14-8)13-11(16)6-3-2-4-7(15)10(6)12/h2-5,15H,1H3,(H,13,16). The van der Waals surface area contributed by atoms with Crippen molar-refractivity contribution in [3.63, 3.8) is 0 Å². The van der Waals surface area contributed by atoms with Crippen LogP contribution in [0.15, 0.2) is 24.3 Å². The van der Waals surface area contributed by atoms with Crippen molar-refractivity contribution in [2.45, 2.75) is 0 Å². The van der Waals surface area contributed by atoms with Crippen molar-refractivity contribution in [1.82, 2.24) is 4.37 Å². The average molecular weight is 285 g/mol. The number of ether oxygens (including phenoxy) is 1. The Kier molecular flexibility index (Phi) is 3.69. The Bertz CT molecular complexity index is 585. The lowest BCUT2D eigenvalue weighted by Gasteiger charge is -2.05. The molecule has 0 saturated heterocycles. The molecule has 1 heterocycles. The molecule has 1 aromatic carbocycles. The maximum Gasteiger partial charge on any atom is 0.257 e. The van der Waals surface area contributed by atoms with Gasteiger partial charge >= 0.3 is 0 Å². The van der Waals surface area contributed by atoms with Gasteiger partial charge in [0.25, 0.3) is 5.91 Å². The van der Waals surface area contributed by atoms with Crippen LogP contribution in [0.5, 0.6) is 11.6 Å². The van der Waals surface area contributed by atoms with Crippen molar-refractivity contribution in [1.29, 1.82) is 0 Å². The summed E-state index contributed by atoms with van der Waals surface area (Å²) >= 11 is 6.93. The zero-order valence-electron chi connectivity index (χ0n) is 9.31. The summed E-state index contributed by atoms with van der Waals surface area (Å²) < 4.78 is 8.85. The third kappa shape index (κ3) is 2.55. The van der Waals surface area contributed by atoms with E-state index in [1.807, 2.05) is 0 Å². The molecule has 2 rings (SSSR count). The molecule has 2 aromatic rings. The van der Waals surface area contributed by atoms with Crippen molar-refractivity contribution in [2.24, 2.45) is 0 Å². The van der Waals surface area contributed by atoms with Crippen molar-refractivity contribution < 1.29 is 14.6 Å². The molecule has 0 radical (unpaired) electrons. The molecule has 0 spiro atoms. The number of aromatic nitrogens is 1. The van der Waals surface area contributed by atoms with Crippen LogP contribution in [0.2, 0.25) is 5.02 Å². The lowest BCUT2D eigenvalue weighted by molar-refractivity contribution is 0.102. The summed E-state index contributed by atoms with van der Waals surface area (Å²) in [6, 6.07) is 6.08. The third-order valence-electron chi connectivity index (χ3n) is 2.16. The van der Waals surface area contributed by atoms with Gasteiger partial charge in [0.05, 0.1) is 17.7 Å². The fourth-order valence-corrected chi connectivity index (χ4v) is 2.11. The molecular weight excluding hydrogens is 276 g/mol. The number of carbonyl (C=O) groups excluding carboxylic acids is 1. The van der Waals surface area contributed by atoms with Gasteiger partial charge < -0.3 is 15.2 Å². The van der Waals surface area contributed by atoms with Gasteiger partial charge in [0.2, 0.25) is 5.88 Å². The molecule has 0 unspecified atom stereocenters. The molecule has 2 N–H and O–H groups in total. The van der Waals surface area contributed by atoms with Gasteiger partial charge in [-0.1, -0.05) is 17.7 Å². The van der Waals surface area contributed by atoms with Crippen LogP contribution in [0, 0.1) is 0 Å². The minimum atomic E-state index is -0.415. The van der Waals surface area contributed by atoms with E-state index in [4.69, 9.17) is 16.3 Å². The van der Waals surface area contributed by atoms with Gasteiger partial charge in [-0.15, -0.1) is 0 Å². The van der Waals surface area contributed by atoms with Gasteiger partial charge in [0.15, 0.2) is 0 Å². The molecule has 0 aliphatic heterocycles. The molecule has 0 fully saturated rings. The van der Waals surface area contributed by atoms with Gasteiger partial charge in [-0.2, -0.15) is 4.37 Å². The quantitative estimate of drug-likeness (QED) is 0.909. The summed E-state index contributed by atoms with van der Waals surface area (Å²) in [7, 11) is 1.49. The zero-order valence-corrected chi connectivity index (χ0v) is 10.9. The van der Waals surface area contributed by atoms with Crippen molar-refractivity contribution >= 4 is 34.0 Å². The first-order chi connectivity index (χ1) is 8.61. The van der Waals surface area contributed by atoms with Crippen molar-refractivity contribution in [3.05, 3.63) is 34.9 Å². The largest absolute Gasteiger partial charge is 0.506 e. The molecule has 0 aliphatic carbocycles. The van der Waals surface area contributed by atoms with Gasteiger partial charge in [0.1, 0.15) is 10.8 Å². The van der Waals surface area contributed by atoms with Crippen LogP contribution >= 0.6 is 23.1 Å². The number of carbonyl (C=O) groups is 1. The number of benzene rings is 1. The number of phenolic OH excluding ortho intramolecular Hbond substituents is 1. The van der Waals surface area contributed by atoms with E-state index in [1.165, 1.54) is 19.2 Å². The van der Waals surface area contributed by atoms with E-state index in [1.54, 1.807) is 12.1 Å². The lowest BCUT2D eigenvalue weighted by atomic mass is 10.2. The third-order valence-corrected chi connectivity index (χ3v) is 3.24. The number of anilines is 1. The second-order valence-corrected chi connectivity index (χ2v) is 4.51. The summed E-state index contributed by atoms with van der Waals surface area (Å²) in [4.78, 5) is 11.9. The highest BCUT2D eigenvalue weighted by atomic mass is 35.5. The number of nitrogens with zero attached hydrogens (tertiary/aromatic N) is 1. The fourth-order valence-electron chi connectivity index (χ4n) is 1.29. The summed E-state index contributed by atoms with van der Waals surface area (Å²) in [6.45, 7) is 0. The smallest absolute Gasteiger partial charge is 0.257 e. The summed E-state index contributed by atoms with van der Waals surface area (Å²) in [5.41, 5.74) is 0.198. The van der Waals surface area contributed by atoms with Crippen LogP contribution in [0.4, 0.5) is 5.00 Å². The van der Waals surface area contributed by atoms with E-state index in [-0.39, 0.29) is 16.3 Å². The highest BCUT2D eigenvalue weighted by Gasteiger charge is 2.14. The molecule has 7 heteroatoms. The number of amides is 1. The van der Waals surface area contributed by atoms with Crippen molar-refractivity contribution in [2.75, 3.05) is 12.4 Å². The van der Waals surface area contributed by atoms with E-state index >= 15 is 0 Å². The average Bonchev–Trinajstić information content (AvgIpc) is 2.80. The van der Waals surface area contributed by atoms with Crippen molar-refractivity contribution in [3.8, 4) is 11.6 Å². The molecule has 1 amide bonds. The summed E-state index contributed by atoms with van der Waals surface area (Å²) in [5, 5.41) is 12.6. The number of hydrogen-bond donors (Lipinski definition) is 2. The van der Waals surface area contributed by atoms with Gasteiger partial charge in [-0.25, -0.2) is 0 Å². The van der Waals surface area contributed by atoms with Crippen LogP contribution in [0.3, 0.4) is 0 Å².